The lowest BCUT2D eigenvalue weighted by Crippen LogP contribution is -2.32. The summed E-state index contributed by atoms with van der Waals surface area (Å²) in [6, 6.07) is 9.76. The molecule has 25 heavy (non-hydrogen) atoms. The normalized spacial score (nSPS) is 15.2. The smallest absolute Gasteiger partial charge is 0.251 e. The first-order valence-electron chi connectivity index (χ1n) is 8.34. The Bertz CT molecular complexity index is 832. The molecule has 2 N–H and O–H groups in total. The maximum atomic E-state index is 12.5. The Morgan fingerprint density at radius 2 is 1.96 bits per heavy atom. The number of pyridine rings is 1. The molecule has 0 radical (unpaired) electrons. The summed E-state index contributed by atoms with van der Waals surface area (Å²) in [6.45, 7) is 0.337. The minimum absolute atomic E-state index is 0.00642. The molecule has 1 saturated carbocycles. The molecule has 0 unspecified atom stereocenters. The average molecular weight is 359 g/mol. The lowest BCUT2D eigenvalue weighted by molar-refractivity contribution is 0.0950. The fourth-order valence-corrected chi connectivity index (χ4v) is 4.27. The Kier molecular flexibility index (Phi) is 5.45. The largest absolute Gasteiger partial charge is 0.348 e. The fourth-order valence-electron chi connectivity index (χ4n) is 2.92. The van der Waals surface area contributed by atoms with Crippen LogP contribution in [0.15, 0.2) is 53.7 Å². The fraction of sp³-hybridized carbons (Fsp3) is 0.333. The maximum Gasteiger partial charge on any atom is 0.251 e. The molecular weight excluding hydrogens is 338 g/mol. The predicted molar refractivity (Wildman–Crippen MR) is 94.4 cm³/mol. The number of benzene rings is 1. The second-order valence-corrected chi connectivity index (χ2v) is 7.89. The Balaban J connectivity index is 1.68. The number of amides is 1. The van der Waals surface area contributed by atoms with E-state index in [0.717, 1.165) is 31.2 Å². The highest BCUT2D eigenvalue weighted by molar-refractivity contribution is 7.89. The number of carbonyl (C=O) groups excluding carboxylic acids is 1. The standard InChI is InChI=1S/C18H21N3O3S/c22-18(20-13-14-5-4-10-19-12-14)15-6-3-9-17(11-15)25(23,24)21-16-7-1-2-8-16/h3-6,9-12,16,21H,1-2,7-8,13H2,(H,20,22). The van der Waals surface area contributed by atoms with Gasteiger partial charge in [0.15, 0.2) is 0 Å². The first kappa shape index (κ1) is 17.6. The molecule has 1 fully saturated rings. The van der Waals surface area contributed by atoms with E-state index >= 15 is 0 Å². The van der Waals surface area contributed by atoms with Gasteiger partial charge < -0.3 is 5.32 Å². The Labute approximate surface area is 147 Å². The molecule has 7 heteroatoms. The van der Waals surface area contributed by atoms with Crippen LogP contribution in [0.2, 0.25) is 0 Å². The number of hydrogen-bond donors (Lipinski definition) is 2. The first-order chi connectivity index (χ1) is 12.0. The third kappa shape index (κ3) is 4.64. The topological polar surface area (TPSA) is 88.2 Å². The van der Waals surface area contributed by atoms with Crippen LogP contribution in [-0.4, -0.2) is 25.4 Å². The van der Waals surface area contributed by atoms with E-state index in [-0.39, 0.29) is 16.8 Å². The Morgan fingerprint density at radius 3 is 2.68 bits per heavy atom. The summed E-state index contributed by atoms with van der Waals surface area (Å²) in [4.78, 5) is 16.4. The van der Waals surface area contributed by atoms with Gasteiger partial charge >= 0.3 is 0 Å². The Hall–Kier alpha value is -2.25. The van der Waals surface area contributed by atoms with Crippen molar-refractivity contribution in [2.75, 3.05) is 0 Å². The van der Waals surface area contributed by atoms with Crippen LogP contribution >= 0.6 is 0 Å². The zero-order valence-corrected chi connectivity index (χ0v) is 14.6. The summed E-state index contributed by atoms with van der Waals surface area (Å²) in [7, 11) is -3.61. The Morgan fingerprint density at radius 1 is 1.16 bits per heavy atom. The highest BCUT2D eigenvalue weighted by Crippen LogP contribution is 2.20. The minimum Gasteiger partial charge on any atom is -0.348 e. The van der Waals surface area contributed by atoms with Crippen LogP contribution in [0.1, 0.15) is 41.6 Å². The predicted octanol–water partition coefficient (Wildman–Crippen LogP) is 2.23. The number of nitrogens with one attached hydrogen (secondary N) is 2. The molecule has 1 aliphatic carbocycles. The molecule has 1 heterocycles. The first-order valence-corrected chi connectivity index (χ1v) is 9.82. The van der Waals surface area contributed by atoms with Gasteiger partial charge in [-0.3, -0.25) is 9.78 Å². The van der Waals surface area contributed by atoms with E-state index in [1.807, 2.05) is 6.07 Å². The second-order valence-electron chi connectivity index (χ2n) is 6.17. The summed E-state index contributed by atoms with van der Waals surface area (Å²) in [5.74, 6) is -0.318. The molecular formula is C18H21N3O3S. The molecule has 0 atom stereocenters. The van der Waals surface area contributed by atoms with Crippen molar-refractivity contribution in [1.29, 1.82) is 0 Å². The zero-order chi connectivity index (χ0) is 17.7. The van der Waals surface area contributed by atoms with Crippen molar-refractivity contribution in [2.24, 2.45) is 0 Å². The minimum atomic E-state index is -3.61. The molecule has 0 aliphatic heterocycles. The SMILES string of the molecule is O=C(NCc1cccnc1)c1cccc(S(=O)(=O)NC2CCCC2)c1. The molecule has 0 saturated heterocycles. The van der Waals surface area contributed by atoms with E-state index in [1.54, 1.807) is 30.6 Å². The molecule has 132 valence electrons. The summed E-state index contributed by atoms with van der Waals surface area (Å²) >= 11 is 0. The zero-order valence-electron chi connectivity index (χ0n) is 13.8. The number of aromatic nitrogens is 1. The van der Waals surface area contributed by atoms with Crippen molar-refractivity contribution in [2.45, 2.75) is 43.2 Å². The molecule has 0 spiro atoms. The monoisotopic (exact) mass is 359 g/mol. The van der Waals surface area contributed by atoms with Gasteiger partial charge in [-0.2, -0.15) is 0 Å². The van der Waals surface area contributed by atoms with Crippen LogP contribution in [0.3, 0.4) is 0 Å². The lowest BCUT2D eigenvalue weighted by atomic mass is 10.2. The van der Waals surface area contributed by atoms with Gasteiger partial charge in [0, 0.05) is 30.5 Å². The number of sulfonamides is 1. The second kappa shape index (κ2) is 7.76. The molecule has 2 aromatic rings. The third-order valence-electron chi connectivity index (χ3n) is 4.26. The molecule has 0 bridgehead atoms. The van der Waals surface area contributed by atoms with Crippen molar-refractivity contribution in [3.05, 3.63) is 59.9 Å². The van der Waals surface area contributed by atoms with Crippen LogP contribution < -0.4 is 10.0 Å². The van der Waals surface area contributed by atoms with Gasteiger partial charge in [-0.25, -0.2) is 13.1 Å². The van der Waals surface area contributed by atoms with E-state index in [4.69, 9.17) is 0 Å². The van der Waals surface area contributed by atoms with Crippen molar-refractivity contribution in [1.82, 2.24) is 15.0 Å². The summed E-state index contributed by atoms with van der Waals surface area (Å²) in [5.41, 5.74) is 1.20. The average Bonchev–Trinajstić information content (AvgIpc) is 3.13. The van der Waals surface area contributed by atoms with Crippen LogP contribution in [0.25, 0.3) is 0 Å². The number of rotatable bonds is 6. The van der Waals surface area contributed by atoms with Crippen LogP contribution in [0, 0.1) is 0 Å². The van der Waals surface area contributed by atoms with E-state index in [2.05, 4.69) is 15.0 Å². The van der Waals surface area contributed by atoms with E-state index in [1.165, 1.54) is 12.1 Å². The van der Waals surface area contributed by atoms with Gasteiger partial charge in [-0.05, 0) is 42.7 Å². The van der Waals surface area contributed by atoms with Gasteiger partial charge in [0.25, 0.3) is 5.91 Å². The molecule has 1 aliphatic rings. The van der Waals surface area contributed by atoms with Crippen LogP contribution in [-0.2, 0) is 16.6 Å². The van der Waals surface area contributed by atoms with Gasteiger partial charge in [-0.15, -0.1) is 0 Å². The van der Waals surface area contributed by atoms with E-state index < -0.39 is 10.0 Å². The van der Waals surface area contributed by atoms with Crippen LogP contribution in [0.4, 0.5) is 0 Å². The molecule has 1 aromatic heterocycles. The molecule has 1 aromatic carbocycles. The molecule has 6 nitrogen and oxygen atoms in total. The lowest BCUT2D eigenvalue weighted by Gasteiger charge is -2.13. The summed E-state index contributed by atoms with van der Waals surface area (Å²) in [6.07, 6.45) is 7.16. The van der Waals surface area contributed by atoms with Gasteiger partial charge in [0.2, 0.25) is 10.0 Å². The summed E-state index contributed by atoms with van der Waals surface area (Å²) < 4.78 is 27.7. The highest BCUT2D eigenvalue weighted by atomic mass is 32.2. The van der Waals surface area contributed by atoms with Crippen molar-refractivity contribution in [3.63, 3.8) is 0 Å². The van der Waals surface area contributed by atoms with Crippen LogP contribution in [0.5, 0.6) is 0 Å². The highest BCUT2D eigenvalue weighted by Gasteiger charge is 2.23. The maximum absolute atomic E-state index is 12.5. The number of carbonyl (C=O) groups is 1. The van der Waals surface area contributed by atoms with E-state index in [0.29, 0.717) is 12.1 Å². The van der Waals surface area contributed by atoms with Gasteiger partial charge in [0.05, 0.1) is 4.90 Å². The van der Waals surface area contributed by atoms with Crippen molar-refractivity contribution >= 4 is 15.9 Å². The molecule has 1 amide bonds. The number of hydrogen-bond acceptors (Lipinski definition) is 4. The summed E-state index contributed by atoms with van der Waals surface area (Å²) in [5, 5.41) is 2.77. The van der Waals surface area contributed by atoms with Gasteiger partial charge in [-0.1, -0.05) is 25.0 Å². The third-order valence-corrected chi connectivity index (χ3v) is 5.78. The quantitative estimate of drug-likeness (QED) is 0.828. The molecule has 3 rings (SSSR count). The van der Waals surface area contributed by atoms with E-state index in [9.17, 15) is 13.2 Å². The number of nitrogens with zero attached hydrogens (tertiary/aromatic N) is 1. The van der Waals surface area contributed by atoms with Crippen molar-refractivity contribution in [3.8, 4) is 0 Å². The van der Waals surface area contributed by atoms with Gasteiger partial charge in [0.1, 0.15) is 0 Å². The van der Waals surface area contributed by atoms with Crippen molar-refractivity contribution < 1.29 is 13.2 Å².